The normalized spacial score (nSPS) is 6.29. The third-order valence-corrected chi connectivity index (χ3v) is 0.333. The van der Waals surface area contributed by atoms with Crippen LogP contribution in [0.15, 0.2) is 0 Å². The summed E-state index contributed by atoms with van der Waals surface area (Å²) in [5.41, 5.74) is 0. The number of carbonyl (C=O) groups excluding carboxylic acids is 4. The van der Waals surface area contributed by atoms with Crippen molar-refractivity contribution in [3.05, 3.63) is 0 Å². The van der Waals surface area contributed by atoms with Crippen LogP contribution in [0.2, 0.25) is 0 Å². The van der Waals surface area contributed by atoms with Crippen molar-refractivity contribution in [2.75, 3.05) is 0 Å². The molecule has 0 heterocycles. The van der Waals surface area contributed by atoms with Crippen molar-refractivity contribution >= 4 is 75.3 Å². The van der Waals surface area contributed by atoms with Gasteiger partial charge in [-0.3, -0.25) is 0 Å². The van der Waals surface area contributed by atoms with E-state index in [1.165, 1.54) is 0 Å². The third-order valence-electron chi connectivity index (χ3n) is 0.333. The van der Waals surface area contributed by atoms with Crippen LogP contribution in [0.5, 0.6) is 0 Å². The summed E-state index contributed by atoms with van der Waals surface area (Å²) in [4.78, 5) is 35.7. The van der Waals surface area contributed by atoms with Crippen LogP contribution in [0.25, 0.3) is 0 Å². The fourth-order valence-electron chi connectivity index (χ4n) is 0. The molecule has 14 heavy (non-hydrogen) atoms. The molecule has 0 aromatic carbocycles. The maximum Gasteiger partial charge on any atom is 4.00 e. The number of hydrogen-bond donors (Lipinski definition) is 0. The zero-order valence-electron chi connectivity index (χ0n) is 5.77. The maximum atomic E-state index is 8.93. The average Bonchev–Trinajstić information content (AvgIpc) is 1.88. The van der Waals surface area contributed by atoms with Crippen molar-refractivity contribution in [2.24, 2.45) is 0 Å². The first-order valence-electron chi connectivity index (χ1n) is 2.13. The first-order valence-corrected chi connectivity index (χ1v) is 2.13. The molecule has 0 spiro atoms. The summed E-state index contributed by atoms with van der Waals surface area (Å²) < 4.78 is 0. The van der Waals surface area contributed by atoms with E-state index in [1.807, 2.05) is 0 Å². The summed E-state index contributed by atoms with van der Waals surface area (Å²) >= 11 is 0. The molecule has 70 valence electrons. The molecule has 0 saturated carbocycles. The van der Waals surface area contributed by atoms with Gasteiger partial charge in [-0.15, -0.1) is 0 Å². The van der Waals surface area contributed by atoms with Crippen LogP contribution in [0.4, 0.5) is 0 Å². The fourth-order valence-corrected chi connectivity index (χ4v) is 0. The molecule has 0 rings (SSSR count). The largest absolute Gasteiger partial charge is 4.00 e. The average molecular weight is 264 g/mol. The van der Waals surface area contributed by atoms with Gasteiger partial charge in [-0.2, -0.15) is 0 Å². The summed E-state index contributed by atoms with van der Waals surface area (Å²) in [5.74, 6) is -8.74. The molecule has 0 aromatic rings. The van der Waals surface area contributed by atoms with Crippen LogP contribution in [0.3, 0.4) is 0 Å². The van der Waals surface area contributed by atoms with Gasteiger partial charge in [0.15, 0.2) is 0 Å². The Balaban J connectivity index is -0.0000000625. The van der Waals surface area contributed by atoms with Gasteiger partial charge in [-0.1, -0.05) is 0 Å². The Hall–Kier alpha value is 0.231. The van der Waals surface area contributed by atoms with Crippen molar-refractivity contribution in [3.63, 3.8) is 0 Å². The molecule has 0 aromatic heterocycles. The second-order valence-corrected chi connectivity index (χ2v) is 1.15. The Labute approximate surface area is 135 Å². The Morgan fingerprint density at radius 1 is 0.571 bits per heavy atom. The minimum atomic E-state index is -2.19. The molecular formula is C4HKO8Ti. The molecular weight excluding hydrogens is 263 g/mol. The maximum absolute atomic E-state index is 8.93. The third kappa shape index (κ3) is 22.8. The Kier molecular flexibility index (Phi) is 22.5. The Morgan fingerprint density at radius 2 is 0.643 bits per heavy atom. The number of carboxylic acid groups (broad SMARTS) is 4. The second-order valence-electron chi connectivity index (χ2n) is 1.15. The summed E-state index contributed by atoms with van der Waals surface area (Å²) in [7, 11) is 0. The van der Waals surface area contributed by atoms with Crippen molar-refractivity contribution in [2.45, 2.75) is 0 Å². The Morgan fingerprint density at radius 3 is 0.643 bits per heavy atom. The first-order chi connectivity index (χ1) is 5.29. The van der Waals surface area contributed by atoms with Crippen LogP contribution in [-0.2, 0) is 40.9 Å². The van der Waals surface area contributed by atoms with Gasteiger partial charge in [-0.25, -0.2) is 0 Å². The minimum absolute atomic E-state index is 0. The summed E-state index contributed by atoms with van der Waals surface area (Å²) in [6.45, 7) is 0. The standard InChI is InChI=1S/2C2H2O4.K.Ti.H/c2*3-1(4)2(5)6;;;/h2*(H,3,4)(H,5,6);;;/q;;;+4;/p-4. The van der Waals surface area contributed by atoms with Crippen LogP contribution >= 0.6 is 0 Å². The Bertz CT molecular complexity index is 177. The molecule has 0 bridgehead atoms. The minimum Gasteiger partial charge on any atom is 4.00 e. The number of hydrogen-bond acceptors (Lipinski definition) is 8. The van der Waals surface area contributed by atoms with Gasteiger partial charge in [-0.05, 0) is 0 Å². The van der Waals surface area contributed by atoms with E-state index in [4.69, 9.17) is 39.6 Å². The topological polar surface area (TPSA) is 161 Å². The summed E-state index contributed by atoms with van der Waals surface area (Å²) in [5, 5.41) is 35.7. The molecule has 0 radical (unpaired) electrons. The molecule has 0 N–H and O–H groups in total. The molecule has 0 atom stereocenters. The number of aliphatic carboxylic acids is 4. The van der Waals surface area contributed by atoms with Crippen molar-refractivity contribution in [3.8, 4) is 0 Å². The first kappa shape index (κ1) is 23.8. The van der Waals surface area contributed by atoms with Crippen LogP contribution in [0.1, 0.15) is 0 Å². The monoisotopic (exact) mass is 264 g/mol. The molecule has 0 aliphatic rings. The van der Waals surface area contributed by atoms with Gasteiger partial charge < -0.3 is 39.6 Å². The quantitative estimate of drug-likeness (QED) is 0.307. The molecule has 0 aliphatic carbocycles. The van der Waals surface area contributed by atoms with Gasteiger partial charge in [0.1, 0.15) is 0 Å². The van der Waals surface area contributed by atoms with Gasteiger partial charge in [0, 0.05) is 0 Å². The number of carboxylic acids is 4. The molecule has 0 unspecified atom stereocenters. The van der Waals surface area contributed by atoms with Gasteiger partial charge in [0.25, 0.3) is 0 Å². The van der Waals surface area contributed by atoms with E-state index in [9.17, 15) is 0 Å². The van der Waals surface area contributed by atoms with E-state index in [1.54, 1.807) is 0 Å². The molecule has 0 aliphatic heterocycles. The van der Waals surface area contributed by atoms with Gasteiger partial charge in [0.2, 0.25) is 0 Å². The molecule has 0 saturated heterocycles. The van der Waals surface area contributed by atoms with E-state index in [0.717, 1.165) is 0 Å². The van der Waals surface area contributed by atoms with Crippen LogP contribution in [-0.4, -0.2) is 75.3 Å². The van der Waals surface area contributed by atoms with Crippen LogP contribution < -0.4 is 20.4 Å². The summed E-state index contributed by atoms with van der Waals surface area (Å²) in [6, 6.07) is 0. The number of carbonyl (C=O) groups is 4. The van der Waals surface area contributed by atoms with E-state index in [2.05, 4.69) is 0 Å². The SMILES string of the molecule is O=C([O-])C(=O)[O-].O=C([O-])C(=O)[O-].[KH].[Ti+4]. The summed E-state index contributed by atoms with van der Waals surface area (Å²) in [6.07, 6.45) is 0. The van der Waals surface area contributed by atoms with E-state index in [0.29, 0.717) is 0 Å². The fraction of sp³-hybridized carbons (Fsp3) is 0. The zero-order valence-corrected chi connectivity index (χ0v) is 7.33. The zero-order chi connectivity index (χ0) is 10.3. The van der Waals surface area contributed by atoms with Crippen molar-refractivity contribution < 1.29 is 61.3 Å². The predicted molar refractivity (Wildman–Crippen MR) is 27.2 cm³/mol. The van der Waals surface area contributed by atoms with Crippen molar-refractivity contribution in [1.29, 1.82) is 0 Å². The van der Waals surface area contributed by atoms with Crippen molar-refractivity contribution in [1.82, 2.24) is 0 Å². The van der Waals surface area contributed by atoms with E-state index >= 15 is 0 Å². The smallest absolute Gasteiger partial charge is 4.00 e. The van der Waals surface area contributed by atoms with Gasteiger partial charge in [0.05, 0.1) is 23.9 Å². The van der Waals surface area contributed by atoms with Crippen LogP contribution in [0, 0.1) is 0 Å². The van der Waals surface area contributed by atoms with E-state index < -0.39 is 23.9 Å². The molecule has 10 heteroatoms. The number of rotatable bonds is 0. The predicted octanol–water partition coefficient (Wildman–Crippen LogP) is -7.68. The molecule has 0 fully saturated rings. The molecule has 0 amide bonds. The van der Waals surface area contributed by atoms with E-state index in [-0.39, 0.29) is 73.1 Å². The second kappa shape index (κ2) is 13.2. The van der Waals surface area contributed by atoms with Gasteiger partial charge >= 0.3 is 73.1 Å². The molecule has 8 nitrogen and oxygen atoms in total.